The van der Waals surface area contributed by atoms with Crippen LogP contribution in [-0.2, 0) is 20.8 Å². The molecule has 326 valence electrons. The predicted molar refractivity (Wildman–Crippen MR) is 228 cm³/mol. The van der Waals surface area contributed by atoms with Gasteiger partial charge in [-0.1, -0.05) is 36.8 Å². The molecule has 0 amide bonds. The Kier molecular flexibility index (Phi) is 15.5. The largest absolute Gasteiger partial charge is 0.478 e. The topological polar surface area (TPSA) is 277 Å². The van der Waals surface area contributed by atoms with E-state index in [1.54, 1.807) is 6.20 Å². The van der Waals surface area contributed by atoms with Gasteiger partial charge in [-0.15, -0.1) is 0 Å². The van der Waals surface area contributed by atoms with E-state index in [4.69, 9.17) is 11.5 Å². The minimum absolute atomic E-state index is 0.00820. The molecule has 2 aliphatic carbocycles. The molecule has 60 heavy (non-hydrogen) atoms. The minimum Gasteiger partial charge on any atom is -0.478 e. The zero-order chi connectivity index (χ0) is 42.9. The first-order valence-electron chi connectivity index (χ1n) is 21.4. The van der Waals surface area contributed by atoms with Crippen molar-refractivity contribution < 1.29 is 45.0 Å². The van der Waals surface area contributed by atoms with Gasteiger partial charge in [-0.05, 0) is 133 Å². The first-order chi connectivity index (χ1) is 28.9. The maximum atomic E-state index is 12.7. The molecular formula is C45H62N6O9. The number of H-pyrrole nitrogens is 1. The van der Waals surface area contributed by atoms with Crippen molar-refractivity contribution in [1.29, 1.82) is 0 Å². The van der Waals surface area contributed by atoms with Gasteiger partial charge in [0, 0.05) is 30.7 Å². The van der Waals surface area contributed by atoms with Crippen molar-refractivity contribution in [1.82, 2.24) is 10.3 Å². The van der Waals surface area contributed by atoms with E-state index in [0.29, 0.717) is 37.1 Å². The number of aldehydes is 2. The van der Waals surface area contributed by atoms with Gasteiger partial charge < -0.3 is 67.3 Å². The van der Waals surface area contributed by atoms with Crippen LogP contribution in [0.1, 0.15) is 99.2 Å². The standard InChI is InChI=1S/C45H62N6O9/c46-30(11-7-26(23-53)8-13-41(56)57)3-1-4-31-34-19-28(33-18-27-9-6-25(14-16-52)17-29(27)20-35(31)33)10-12-32(34)43(51-40-5-2-15-48-40)36(21-42(58)59)37-22-38(50-45(47)49-37)44(60)39(55)24-54/h2,5-6,9,15-18,20-21,23,26,28,30-32,34,37-39,41,43-44,48,51,54-57,60H,1,3-4,7-8,10-14,19,22,24,46H2,(H,58,59)(H3,47,49,50)/b36-21+/t26-,28+,30+,31+,32-,34-,37-,38+,39+,43+,44-/m0/s1. The number of nitrogens with zero attached hydrogens (tertiary/aromatic N) is 1. The van der Waals surface area contributed by atoms with Crippen LogP contribution in [0, 0.1) is 17.8 Å². The monoisotopic (exact) mass is 830 g/mol. The zero-order valence-electron chi connectivity index (χ0n) is 34.0. The molecule has 13 N–H and O–H groups in total. The third-order valence-corrected chi connectivity index (χ3v) is 13.2. The number of aliphatic hydroxyl groups excluding tert-OH is 4. The molecule has 15 heteroatoms. The molecule has 1 aliphatic heterocycles. The van der Waals surface area contributed by atoms with Gasteiger partial charge in [-0.2, -0.15) is 0 Å². The number of carbonyl (C=O) groups is 3. The van der Waals surface area contributed by atoms with Crippen LogP contribution in [0.3, 0.4) is 0 Å². The Morgan fingerprint density at radius 1 is 0.967 bits per heavy atom. The summed E-state index contributed by atoms with van der Waals surface area (Å²) in [5.74, 6) is -0.395. The summed E-state index contributed by atoms with van der Waals surface area (Å²) in [6, 6.07) is 12.2. The molecule has 0 spiro atoms. The number of carbonyl (C=O) groups excluding carboxylic acids is 2. The van der Waals surface area contributed by atoms with Crippen LogP contribution in [0.15, 0.2) is 65.3 Å². The molecule has 1 fully saturated rings. The number of aliphatic hydroxyl groups is 5. The summed E-state index contributed by atoms with van der Waals surface area (Å²) in [4.78, 5) is 43.8. The maximum absolute atomic E-state index is 12.7. The fourth-order valence-electron chi connectivity index (χ4n) is 10.2. The number of hydrogen-bond donors (Lipinski definition) is 11. The highest BCUT2D eigenvalue weighted by Crippen LogP contribution is 2.56. The Labute approximate surface area is 350 Å². The van der Waals surface area contributed by atoms with E-state index >= 15 is 0 Å². The van der Waals surface area contributed by atoms with Crippen molar-refractivity contribution in [2.45, 2.75) is 132 Å². The van der Waals surface area contributed by atoms with E-state index in [0.717, 1.165) is 67.4 Å². The SMILES string of the molecule is NC1=N[C@H](/C(=C\C(=O)O)[C@H](Nc2ccc[nH]2)[C@H]2CC[C@@H]3C[C@H]2[C@@H](CCC[C@@H](N)CC[C@H](C=O)CCC(O)O)c2cc4cc(CC=O)ccc4cc23)C[C@H]([C@H](O)[C@H](O)CO)N1. The van der Waals surface area contributed by atoms with Crippen LogP contribution in [0.4, 0.5) is 5.82 Å². The average Bonchev–Trinajstić information content (AvgIpc) is 3.75. The predicted octanol–water partition coefficient (Wildman–Crippen LogP) is 2.94. The van der Waals surface area contributed by atoms with Crippen LogP contribution < -0.4 is 22.1 Å². The Bertz CT molecular complexity index is 1970. The highest BCUT2D eigenvalue weighted by molar-refractivity contribution is 5.86. The number of rotatable bonds is 22. The molecule has 11 atom stereocenters. The van der Waals surface area contributed by atoms with Crippen molar-refractivity contribution in [3.8, 4) is 0 Å². The molecule has 15 nitrogen and oxygen atoms in total. The summed E-state index contributed by atoms with van der Waals surface area (Å²) in [7, 11) is 0. The minimum atomic E-state index is -1.45. The lowest BCUT2D eigenvalue weighted by atomic mass is 9.56. The third kappa shape index (κ3) is 11.0. The van der Waals surface area contributed by atoms with Crippen molar-refractivity contribution in [3.05, 3.63) is 77.0 Å². The Morgan fingerprint density at radius 3 is 2.45 bits per heavy atom. The molecule has 0 radical (unpaired) electrons. The molecule has 0 unspecified atom stereocenters. The normalized spacial score (nSPS) is 25.3. The van der Waals surface area contributed by atoms with E-state index in [-0.39, 0.29) is 54.4 Å². The number of hydrogen-bond acceptors (Lipinski definition) is 13. The van der Waals surface area contributed by atoms with Crippen LogP contribution >= 0.6 is 0 Å². The molecule has 2 aromatic carbocycles. The second-order valence-corrected chi connectivity index (χ2v) is 17.1. The molecule has 1 saturated carbocycles. The van der Waals surface area contributed by atoms with E-state index < -0.39 is 49.2 Å². The van der Waals surface area contributed by atoms with Crippen molar-refractivity contribution in [2.75, 3.05) is 11.9 Å². The molecule has 6 rings (SSSR count). The van der Waals surface area contributed by atoms with Gasteiger partial charge in [0.1, 0.15) is 30.6 Å². The molecular weight excluding hydrogens is 769 g/mol. The summed E-state index contributed by atoms with van der Waals surface area (Å²) in [5, 5.41) is 68.6. The number of nitrogens with one attached hydrogen (secondary N) is 3. The number of nitrogens with two attached hydrogens (primary N) is 2. The van der Waals surface area contributed by atoms with Crippen LogP contribution in [0.5, 0.6) is 0 Å². The summed E-state index contributed by atoms with van der Waals surface area (Å²) < 4.78 is 0. The number of aliphatic carboxylic acids is 1. The fourth-order valence-corrected chi connectivity index (χ4v) is 10.2. The molecule has 2 bridgehead atoms. The van der Waals surface area contributed by atoms with Crippen molar-refractivity contribution in [2.24, 2.45) is 34.2 Å². The lowest BCUT2D eigenvalue weighted by Gasteiger charge is -2.50. The van der Waals surface area contributed by atoms with Crippen LogP contribution in [0.2, 0.25) is 0 Å². The van der Waals surface area contributed by atoms with Crippen molar-refractivity contribution in [3.63, 3.8) is 0 Å². The number of aromatic amines is 1. The van der Waals surface area contributed by atoms with Gasteiger partial charge in [0.15, 0.2) is 12.2 Å². The maximum Gasteiger partial charge on any atom is 0.328 e. The number of benzene rings is 2. The number of carboxylic acid groups (broad SMARTS) is 1. The number of anilines is 1. The number of carboxylic acids is 1. The van der Waals surface area contributed by atoms with Crippen LogP contribution in [0.25, 0.3) is 10.8 Å². The summed E-state index contributed by atoms with van der Waals surface area (Å²) in [6.45, 7) is -0.669. The highest BCUT2D eigenvalue weighted by Gasteiger charge is 2.47. The van der Waals surface area contributed by atoms with E-state index in [1.165, 1.54) is 17.2 Å². The number of aliphatic imine (C=N–C) groups is 1. The quantitative estimate of drug-likeness (QED) is 0.0395. The van der Waals surface area contributed by atoms with Gasteiger partial charge in [0.05, 0.1) is 24.7 Å². The Morgan fingerprint density at radius 2 is 1.75 bits per heavy atom. The average molecular weight is 831 g/mol. The molecule has 0 saturated heterocycles. The summed E-state index contributed by atoms with van der Waals surface area (Å²) >= 11 is 0. The first-order valence-corrected chi connectivity index (χ1v) is 21.4. The zero-order valence-corrected chi connectivity index (χ0v) is 34.0. The number of fused-ring (bicyclic) bond motifs is 5. The highest BCUT2D eigenvalue weighted by atomic mass is 16.5. The molecule has 3 aromatic rings. The lowest BCUT2D eigenvalue weighted by Crippen LogP contribution is -2.56. The second-order valence-electron chi connectivity index (χ2n) is 17.1. The van der Waals surface area contributed by atoms with Gasteiger partial charge in [0.25, 0.3) is 0 Å². The lowest BCUT2D eigenvalue weighted by molar-refractivity contribution is -0.131. The van der Waals surface area contributed by atoms with E-state index in [9.17, 15) is 45.0 Å². The molecule has 2 heterocycles. The number of aromatic nitrogens is 1. The number of guanidine groups is 1. The van der Waals surface area contributed by atoms with Crippen LogP contribution in [-0.4, -0.2) is 109 Å². The second kappa shape index (κ2) is 20.8. The molecule has 3 aliphatic rings. The van der Waals surface area contributed by atoms with Gasteiger partial charge in [-0.3, -0.25) is 0 Å². The molecule has 1 aromatic heterocycles. The van der Waals surface area contributed by atoms with Crippen molar-refractivity contribution >= 4 is 41.1 Å². The van der Waals surface area contributed by atoms with E-state index in [1.807, 2.05) is 18.2 Å². The Balaban J connectivity index is 1.36. The smallest absolute Gasteiger partial charge is 0.328 e. The third-order valence-electron chi connectivity index (χ3n) is 13.2. The Hall–Kier alpha value is -4.64. The first kappa shape index (κ1) is 44.9. The van der Waals surface area contributed by atoms with Gasteiger partial charge in [0.2, 0.25) is 0 Å². The summed E-state index contributed by atoms with van der Waals surface area (Å²) in [5.41, 5.74) is 16.9. The van der Waals surface area contributed by atoms with E-state index in [2.05, 4.69) is 44.9 Å². The fraction of sp³-hybridized carbons (Fsp3) is 0.556. The summed E-state index contributed by atoms with van der Waals surface area (Å²) in [6.07, 6.45) is 7.48. The van der Waals surface area contributed by atoms with Gasteiger partial charge >= 0.3 is 5.97 Å². The van der Waals surface area contributed by atoms with Gasteiger partial charge in [-0.25, -0.2) is 9.79 Å².